The van der Waals surface area contributed by atoms with Gasteiger partial charge in [-0.25, -0.2) is 4.79 Å². The quantitative estimate of drug-likeness (QED) is 0.570. The fourth-order valence-electron chi connectivity index (χ4n) is 2.41. The molecule has 1 unspecified atom stereocenters. The number of amides is 2. The van der Waals surface area contributed by atoms with Gasteiger partial charge in [0.05, 0.1) is 20.1 Å². The molecule has 0 radical (unpaired) electrons. The summed E-state index contributed by atoms with van der Waals surface area (Å²) < 4.78 is 10.0. The third-order valence-corrected chi connectivity index (χ3v) is 3.91. The van der Waals surface area contributed by atoms with E-state index >= 15 is 0 Å². The number of oxime groups is 1. The molecule has 0 bridgehead atoms. The number of carbonyl (C=O) groups excluding carboxylic acids is 2. The molecule has 0 saturated carbocycles. The lowest BCUT2D eigenvalue weighted by atomic mass is 10.1. The Hall–Kier alpha value is -3.30. The summed E-state index contributed by atoms with van der Waals surface area (Å²) in [4.78, 5) is 40.3. The topological polar surface area (TPSA) is 136 Å². The van der Waals surface area contributed by atoms with Crippen molar-refractivity contribution in [2.24, 2.45) is 5.16 Å². The van der Waals surface area contributed by atoms with Crippen LogP contribution in [-0.2, 0) is 30.5 Å². The first kappa shape index (κ1) is 21.0. The molecule has 152 valence electrons. The minimum Gasteiger partial charge on any atom is -0.482 e. The lowest BCUT2D eigenvalue weighted by Crippen LogP contribution is -2.48. The van der Waals surface area contributed by atoms with Gasteiger partial charge in [0.1, 0.15) is 12.6 Å². The molecule has 1 aromatic rings. The van der Waals surface area contributed by atoms with Gasteiger partial charge in [-0.05, 0) is 12.0 Å². The van der Waals surface area contributed by atoms with Crippen LogP contribution in [0.4, 0.5) is 4.79 Å². The molecule has 0 fully saturated rings. The summed E-state index contributed by atoms with van der Waals surface area (Å²) in [6.45, 7) is 0.173. The highest BCUT2D eigenvalue weighted by Crippen LogP contribution is 2.10. The fraction of sp³-hybridized carbons (Fsp3) is 0.444. The van der Waals surface area contributed by atoms with Crippen molar-refractivity contribution in [3.05, 3.63) is 35.9 Å². The van der Waals surface area contributed by atoms with Crippen LogP contribution in [0.3, 0.4) is 0 Å². The van der Waals surface area contributed by atoms with Crippen molar-refractivity contribution < 1.29 is 33.8 Å². The van der Waals surface area contributed by atoms with Crippen molar-refractivity contribution in [1.82, 2.24) is 10.6 Å². The summed E-state index contributed by atoms with van der Waals surface area (Å²) in [5.41, 5.74) is 0.788. The van der Waals surface area contributed by atoms with E-state index in [1.807, 2.05) is 18.2 Å². The van der Waals surface area contributed by atoms with E-state index < -0.39 is 24.0 Å². The van der Waals surface area contributed by atoms with Crippen LogP contribution >= 0.6 is 0 Å². The molecule has 2 atom stereocenters. The van der Waals surface area contributed by atoms with Gasteiger partial charge in [-0.1, -0.05) is 35.5 Å². The first-order chi connectivity index (χ1) is 13.5. The molecule has 0 saturated heterocycles. The number of methoxy groups -OCH3 is 1. The number of carboxylic acid groups (broad SMARTS) is 1. The van der Waals surface area contributed by atoms with Crippen molar-refractivity contribution >= 4 is 23.9 Å². The van der Waals surface area contributed by atoms with Gasteiger partial charge in [-0.2, -0.15) is 0 Å². The molecule has 1 aromatic carbocycles. The summed E-state index contributed by atoms with van der Waals surface area (Å²) in [5.74, 6) is -1.19. The van der Waals surface area contributed by atoms with Crippen LogP contribution in [0.2, 0.25) is 0 Å². The van der Waals surface area contributed by atoms with Crippen molar-refractivity contribution in [2.45, 2.75) is 38.0 Å². The van der Waals surface area contributed by atoms with E-state index in [9.17, 15) is 14.4 Å². The third kappa shape index (κ3) is 7.14. The van der Waals surface area contributed by atoms with Crippen molar-refractivity contribution in [2.75, 3.05) is 13.7 Å². The average Bonchev–Trinajstić information content (AvgIpc) is 3.16. The Morgan fingerprint density at radius 1 is 1.32 bits per heavy atom. The van der Waals surface area contributed by atoms with Gasteiger partial charge in [0.15, 0.2) is 6.10 Å². The monoisotopic (exact) mass is 393 g/mol. The van der Waals surface area contributed by atoms with E-state index in [2.05, 4.69) is 15.8 Å². The Balaban J connectivity index is 1.82. The maximum Gasteiger partial charge on any atom is 0.408 e. The van der Waals surface area contributed by atoms with Crippen LogP contribution < -0.4 is 10.6 Å². The van der Waals surface area contributed by atoms with Crippen LogP contribution in [0.25, 0.3) is 0 Å². The number of hydrogen-bond acceptors (Lipinski definition) is 7. The molecule has 10 nitrogen and oxygen atoms in total. The maximum atomic E-state index is 12.4. The van der Waals surface area contributed by atoms with Gasteiger partial charge in [-0.15, -0.1) is 0 Å². The number of benzene rings is 1. The van der Waals surface area contributed by atoms with Crippen molar-refractivity contribution in [3.8, 4) is 0 Å². The van der Waals surface area contributed by atoms with Crippen LogP contribution in [0.1, 0.15) is 24.8 Å². The fourth-order valence-corrected chi connectivity index (χ4v) is 2.41. The molecule has 1 aliphatic heterocycles. The van der Waals surface area contributed by atoms with Crippen LogP contribution in [0.5, 0.6) is 0 Å². The van der Waals surface area contributed by atoms with E-state index in [0.29, 0.717) is 12.3 Å². The number of carbonyl (C=O) groups is 3. The normalized spacial score (nSPS) is 16.3. The van der Waals surface area contributed by atoms with E-state index in [1.165, 1.54) is 7.11 Å². The number of rotatable bonds is 9. The summed E-state index contributed by atoms with van der Waals surface area (Å²) >= 11 is 0. The Morgan fingerprint density at radius 3 is 2.71 bits per heavy atom. The third-order valence-electron chi connectivity index (χ3n) is 3.91. The zero-order valence-corrected chi connectivity index (χ0v) is 15.4. The molecule has 0 spiro atoms. The van der Waals surface area contributed by atoms with Gasteiger partial charge < -0.3 is 30.1 Å². The number of hydrogen-bond donors (Lipinski definition) is 3. The Kier molecular flexibility index (Phi) is 8.07. The minimum atomic E-state index is -1.07. The number of nitrogens with zero attached hydrogens (tertiary/aromatic N) is 1. The summed E-state index contributed by atoms with van der Waals surface area (Å²) in [6.07, 6.45) is -1.15. The Morgan fingerprint density at radius 2 is 2.07 bits per heavy atom. The highest BCUT2D eigenvalue weighted by Gasteiger charge is 2.26. The molecule has 2 amide bonds. The van der Waals surface area contributed by atoms with Gasteiger partial charge in [-0.3, -0.25) is 9.59 Å². The predicted octanol–water partition coefficient (Wildman–Crippen LogP) is 1.01. The zero-order valence-electron chi connectivity index (χ0n) is 15.4. The lowest BCUT2D eigenvalue weighted by Gasteiger charge is -2.18. The number of aliphatic carboxylic acids is 1. The number of nitrogens with one attached hydrogen (secondary N) is 2. The first-order valence-electron chi connectivity index (χ1n) is 8.71. The van der Waals surface area contributed by atoms with Crippen LogP contribution in [0.15, 0.2) is 35.5 Å². The molecule has 3 N–H and O–H groups in total. The average molecular weight is 393 g/mol. The van der Waals surface area contributed by atoms with E-state index in [1.54, 1.807) is 12.1 Å². The standard InChI is InChI=1S/C18H23N3O7/c1-26-15-9-13(28-21-15)10-19-17(24)14(7-8-16(22)23)20-18(25)27-11-12-5-3-2-4-6-12/h2-6,13-14H,7-11H2,1H3,(H,19,24)(H,20,25)(H,22,23)/t13?,14-/m0/s1. The van der Waals surface area contributed by atoms with E-state index in [-0.39, 0.29) is 32.1 Å². The van der Waals surface area contributed by atoms with E-state index in [0.717, 1.165) is 5.56 Å². The first-order valence-corrected chi connectivity index (χ1v) is 8.71. The molecule has 0 aliphatic carbocycles. The summed E-state index contributed by atoms with van der Waals surface area (Å²) in [5, 5.41) is 17.6. The zero-order chi connectivity index (χ0) is 20.4. The molecule has 28 heavy (non-hydrogen) atoms. The summed E-state index contributed by atoms with van der Waals surface area (Å²) in [7, 11) is 1.47. The van der Waals surface area contributed by atoms with Gasteiger partial charge in [0, 0.05) is 6.42 Å². The molecule has 1 aliphatic rings. The van der Waals surface area contributed by atoms with Gasteiger partial charge in [0.2, 0.25) is 11.8 Å². The molecule has 10 heteroatoms. The van der Waals surface area contributed by atoms with Crippen molar-refractivity contribution in [1.29, 1.82) is 0 Å². The lowest BCUT2D eigenvalue weighted by molar-refractivity contribution is -0.137. The molecule has 0 aromatic heterocycles. The second-order valence-electron chi connectivity index (χ2n) is 6.06. The van der Waals surface area contributed by atoms with Crippen LogP contribution in [-0.4, -0.2) is 54.8 Å². The Labute approximate surface area is 161 Å². The summed E-state index contributed by atoms with van der Waals surface area (Å²) in [6, 6.07) is 7.99. The minimum absolute atomic E-state index is 0.0347. The molecular weight excluding hydrogens is 370 g/mol. The molecular formula is C18H23N3O7. The number of carboxylic acids is 1. The van der Waals surface area contributed by atoms with E-state index in [4.69, 9.17) is 19.4 Å². The molecule has 1 heterocycles. The maximum absolute atomic E-state index is 12.4. The van der Waals surface area contributed by atoms with Gasteiger partial charge >= 0.3 is 12.1 Å². The highest BCUT2D eigenvalue weighted by atomic mass is 16.7. The second-order valence-corrected chi connectivity index (χ2v) is 6.06. The predicted molar refractivity (Wildman–Crippen MR) is 97.4 cm³/mol. The Bertz CT molecular complexity index is 708. The second kappa shape index (κ2) is 10.8. The smallest absolute Gasteiger partial charge is 0.408 e. The SMILES string of the molecule is COC1=NOC(CNC(=O)[C@H](CCC(=O)O)NC(=O)OCc2ccccc2)C1. The highest BCUT2D eigenvalue weighted by molar-refractivity contribution is 5.86. The van der Waals surface area contributed by atoms with Crippen molar-refractivity contribution in [3.63, 3.8) is 0 Å². The van der Waals surface area contributed by atoms with Crippen LogP contribution in [0, 0.1) is 0 Å². The largest absolute Gasteiger partial charge is 0.482 e. The molecule has 2 rings (SSSR count). The number of ether oxygens (including phenoxy) is 2. The van der Waals surface area contributed by atoms with Gasteiger partial charge in [0.25, 0.3) is 0 Å². The number of alkyl carbamates (subject to hydrolysis) is 1.